The van der Waals surface area contributed by atoms with Crippen molar-refractivity contribution in [3.8, 4) is 0 Å². The van der Waals surface area contributed by atoms with Crippen LogP contribution in [0.3, 0.4) is 0 Å². The standard InChI is InChI=1S/C13H16N4/c1-8-15-9(2)17(16-8)12-7-10-5-3-4-6-11(10)13(12)14/h3-6,12-13H,7,14H2,1-2H3. The Hall–Kier alpha value is -1.68. The molecule has 88 valence electrons. The van der Waals surface area contributed by atoms with Gasteiger partial charge >= 0.3 is 0 Å². The molecule has 17 heavy (non-hydrogen) atoms. The molecule has 0 fully saturated rings. The van der Waals surface area contributed by atoms with Gasteiger partial charge in [-0.1, -0.05) is 24.3 Å². The highest BCUT2D eigenvalue weighted by atomic mass is 15.4. The molecule has 0 bridgehead atoms. The zero-order valence-electron chi connectivity index (χ0n) is 10.1. The van der Waals surface area contributed by atoms with Gasteiger partial charge in [0.2, 0.25) is 0 Å². The van der Waals surface area contributed by atoms with E-state index in [2.05, 4.69) is 28.3 Å². The van der Waals surface area contributed by atoms with E-state index in [9.17, 15) is 0 Å². The number of hydrogen-bond donors (Lipinski definition) is 1. The maximum atomic E-state index is 6.31. The smallest absolute Gasteiger partial charge is 0.147 e. The summed E-state index contributed by atoms with van der Waals surface area (Å²) in [6.07, 6.45) is 0.945. The van der Waals surface area contributed by atoms with Gasteiger partial charge < -0.3 is 5.73 Å². The number of aromatic nitrogens is 3. The van der Waals surface area contributed by atoms with Crippen molar-refractivity contribution in [2.75, 3.05) is 0 Å². The van der Waals surface area contributed by atoms with E-state index in [1.165, 1.54) is 11.1 Å². The molecule has 0 saturated carbocycles. The summed E-state index contributed by atoms with van der Waals surface area (Å²) in [6, 6.07) is 8.58. The fraction of sp³-hybridized carbons (Fsp3) is 0.385. The van der Waals surface area contributed by atoms with E-state index in [-0.39, 0.29) is 12.1 Å². The van der Waals surface area contributed by atoms with Crippen LogP contribution in [-0.4, -0.2) is 14.8 Å². The Kier molecular flexibility index (Phi) is 2.26. The second-order valence-electron chi connectivity index (χ2n) is 4.65. The molecule has 0 saturated heterocycles. The van der Waals surface area contributed by atoms with Gasteiger partial charge in [0, 0.05) is 0 Å². The van der Waals surface area contributed by atoms with Crippen LogP contribution in [0.15, 0.2) is 24.3 Å². The molecule has 3 rings (SSSR count). The minimum absolute atomic E-state index is 0.0194. The van der Waals surface area contributed by atoms with E-state index >= 15 is 0 Å². The van der Waals surface area contributed by atoms with Crippen LogP contribution in [0, 0.1) is 13.8 Å². The average Bonchev–Trinajstić information content (AvgIpc) is 2.80. The molecule has 4 heteroatoms. The molecule has 1 heterocycles. The third-order valence-electron chi connectivity index (χ3n) is 3.48. The van der Waals surface area contributed by atoms with Crippen molar-refractivity contribution in [2.45, 2.75) is 32.4 Å². The Labute approximate surface area is 100 Å². The van der Waals surface area contributed by atoms with Crippen LogP contribution in [0.2, 0.25) is 0 Å². The van der Waals surface area contributed by atoms with E-state index in [4.69, 9.17) is 5.73 Å². The molecule has 1 aromatic heterocycles. The summed E-state index contributed by atoms with van der Waals surface area (Å²) in [5.41, 5.74) is 8.88. The molecule has 0 spiro atoms. The second kappa shape index (κ2) is 3.67. The first kappa shape index (κ1) is 10.5. The lowest BCUT2D eigenvalue weighted by molar-refractivity contribution is 0.400. The summed E-state index contributed by atoms with van der Waals surface area (Å²) in [6.45, 7) is 3.90. The van der Waals surface area contributed by atoms with Crippen molar-refractivity contribution in [3.05, 3.63) is 47.0 Å². The number of nitrogens with two attached hydrogens (primary N) is 1. The number of rotatable bonds is 1. The molecular weight excluding hydrogens is 212 g/mol. The number of fused-ring (bicyclic) bond motifs is 1. The summed E-state index contributed by atoms with van der Waals surface area (Å²) in [4.78, 5) is 4.35. The predicted octanol–water partition coefficient (Wildman–Crippen LogP) is 1.69. The zero-order valence-corrected chi connectivity index (χ0v) is 10.1. The summed E-state index contributed by atoms with van der Waals surface area (Å²) in [5, 5.41) is 4.45. The van der Waals surface area contributed by atoms with E-state index in [0.717, 1.165) is 18.1 Å². The van der Waals surface area contributed by atoms with Gasteiger partial charge in [-0.3, -0.25) is 0 Å². The zero-order chi connectivity index (χ0) is 12.0. The van der Waals surface area contributed by atoms with Gasteiger partial charge in [0.15, 0.2) is 0 Å². The number of benzene rings is 1. The highest BCUT2D eigenvalue weighted by Crippen LogP contribution is 2.37. The Morgan fingerprint density at radius 1 is 1.29 bits per heavy atom. The summed E-state index contributed by atoms with van der Waals surface area (Å²) in [5.74, 6) is 1.75. The van der Waals surface area contributed by atoms with E-state index in [1.54, 1.807) is 0 Å². The monoisotopic (exact) mass is 228 g/mol. The van der Waals surface area contributed by atoms with Crippen molar-refractivity contribution >= 4 is 0 Å². The first-order chi connectivity index (χ1) is 8.16. The third kappa shape index (κ3) is 1.56. The van der Waals surface area contributed by atoms with Crippen LogP contribution in [0.25, 0.3) is 0 Å². The molecule has 1 aliphatic carbocycles. The largest absolute Gasteiger partial charge is 0.322 e. The van der Waals surface area contributed by atoms with Crippen LogP contribution in [0.1, 0.15) is 34.9 Å². The molecule has 2 unspecified atom stereocenters. The Morgan fingerprint density at radius 2 is 2.06 bits per heavy atom. The van der Waals surface area contributed by atoms with Crippen LogP contribution >= 0.6 is 0 Å². The molecule has 0 radical (unpaired) electrons. The van der Waals surface area contributed by atoms with Gasteiger partial charge in [-0.15, -0.1) is 0 Å². The molecule has 2 N–H and O–H groups in total. The van der Waals surface area contributed by atoms with Crippen molar-refractivity contribution < 1.29 is 0 Å². The van der Waals surface area contributed by atoms with Gasteiger partial charge in [-0.05, 0) is 31.4 Å². The molecule has 1 aliphatic rings. The third-order valence-corrected chi connectivity index (χ3v) is 3.48. The lowest BCUT2D eigenvalue weighted by atomic mass is 10.1. The minimum atomic E-state index is 0.0194. The minimum Gasteiger partial charge on any atom is -0.322 e. The lowest BCUT2D eigenvalue weighted by Crippen LogP contribution is -2.22. The molecule has 4 nitrogen and oxygen atoms in total. The highest BCUT2D eigenvalue weighted by Gasteiger charge is 2.32. The van der Waals surface area contributed by atoms with Crippen LogP contribution in [0.5, 0.6) is 0 Å². The van der Waals surface area contributed by atoms with Gasteiger partial charge in [0.25, 0.3) is 0 Å². The quantitative estimate of drug-likeness (QED) is 0.808. The SMILES string of the molecule is Cc1nc(C)n(C2Cc3ccccc3C2N)n1. The molecule has 2 atom stereocenters. The fourth-order valence-corrected chi connectivity index (χ4v) is 2.69. The Morgan fingerprint density at radius 3 is 2.71 bits per heavy atom. The van der Waals surface area contributed by atoms with Gasteiger partial charge in [-0.25, -0.2) is 9.67 Å². The van der Waals surface area contributed by atoms with Crippen LogP contribution in [0.4, 0.5) is 0 Å². The lowest BCUT2D eigenvalue weighted by Gasteiger charge is -2.17. The molecular formula is C13H16N4. The van der Waals surface area contributed by atoms with E-state index in [0.29, 0.717) is 0 Å². The highest BCUT2D eigenvalue weighted by molar-refractivity contribution is 5.36. The Balaban J connectivity index is 2.01. The maximum Gasteiger partial charge on any atom is 0.147 e. The summed E-state index contributed by atoms with van der Waals surface area (Å²) >= 11 is 0. The van der Waals surface area contributed by atoms with Crippen molar-refractivity contribution in [1.82, 2.24) is 14.8 Å². The number of nitrogens with zero attached hydrogens (tertiary/aromatic N) is 3. The molecule has 2 aromatic rings. The normalized spacial score (nSPS) is 22.8. The van der Waals surface area contributed by atoms with Crippen molar-refractivity contribution in [3.63, 3.8) is 0 Å². The maximum absolute atomic E-state index is 6.31. The fourth-order valence-electron chi connectivity index (χ4n) is 2.69. The van der Waals surface area contributed by atoms with Gasteiger partial charge in [-0.2, -0.15) is 5.10 Å². The van der Waals surface area contributed by atoms with Crippen LogP contribution < -0.4 is 5.73 Å². The predicted molar refractivity (Wildman–Crippen MR) is 65.6 cm³/mol. The molecule has 0 amide bonds. The Bertz CT molecular complexity index is 558. The number of hydrogen-bond acceptors (Lipinski definition) is 3. The van der Waals surface area contributed by atoms with Crippen molar-refractivity contribution in [1.29, 1.82) is 0 Å². The average molecular weight is 228 g/mol. The van der Waals surface area contributed by atoms with E-state index in [1.807, 2.05) is 24.6 Å². The van der Waals surface area contributed by atoms with Crippen molar-refractivity contribution in [2.24, 2.45) is 5.73 Å². The van der Waals surface area contributed by atoms with E-state index < -0.39 is 0 Å². The second-order valence-corrected chi connectivity index (χ2v) is 4.65. The number of aryl methyl sites for hydroxylation is 2. The van der Waals surface area contributed by atoms with Crippen LogP contribution in [-0.2, 0) is 6.42 Å². The molecule has 0 aliphatic heterocycles. The van der Waals surface area contributed by atoms with Gasteiger partial charge in [0.1, 0.15) is 11.6 Å². The first-order valence-electron chi connectivity index (χ1n) is 5.90. The van der Waals surface area contributed by atoms with Gasteiger partial charge in [0.05, 0.1) is 12.1 Å². The topological polar surface area (TPSA) is 56.7 Å². The first-order valence-corrected chi connectivity index (χ1v) is 5.90. The summed E-state index contributed by atoms with van der Waals surface area (Å²) in [7, 11) is 0. The summed E-state index contributed by atoms with van der Waals surface area (Å²) < 4.78 is 1.97. The molecule has 1 aromatic carbocycles.